The van der Waals surface area contributed by atoms with Gasteiger partial charge in [-0.2, -0.15) is 0 Å². The Morgan fingerprint density at radius 1 is 1.38 bits per heavy atom. The molecule has 26 heavy (non-hydrogen) atoms. The van der Waals surface area contributed by atoms with Crippen LogP contribution in [0.25, 0.3) is 10.9 Å². The Kier molecular flexibility index (Phi) is 4.71. The highest BCUT2D eigenvalue weighted by molar-refractivity contribution is 5.87. The Morgan fingerprint density at radius 2 is 2.19 bits per heavy atom. The number of aromatic nitrogens is 1. The second-order valence-corrected chi connectivity index (χ2v) is 7.07. The van der Waals surface area contributed by atoms with Gasteiger partial charge in [0.05, 0.1) is 31.9 Å². The largest absolute Gasteiger partial charge is 0.468 e. The van der Waals surface area contributed by atoms with Gasteiger partial charge in [0.2, 0.25) is 0 Å². The Labute approximate surface area is 152 Å². The van der Waals surface area contributed by atoms with Gasteiger partial charge in [0.1, 0.15) is 6.04 Å². The zero-order chi connectivity index (χ0) is 18.3. The molecule has 2 aromatic rings. The first-order valence-electron chi connectivity index (χ1n) is 9.02. The van der Waals surface area contributed by atoms with E-state index in [1.807, 2.05) is 25.1 Å². The van der Waals surface area contributed by atoms with E-state index in [-0.39, 0.29) is 36.5 Å². The van der Waals surface area contributed by atoms with E-state index < -0.39 is 0 Å². The number of H-pyrrole nitrogens is 1. The molecule has 0 amide bonds. The lowest BCUT2D eigenvalue weighted by Gasteiger charge is -2.36. The van der Waals surface area contributed by atoms with Gasteiger partial charge in [0.15, 0.2) is 6.29 Å². The van der Waals surface area contributed by atoms with Gasteiger partial charge in [0, 0.05) is 29.4 Å². The number of hydrogen-bond donors (Lipinski definition) is 3. The number of para-hydroxylation sites is 1. The maximum Gasteiger partial charge on any atom is 0.323 e. The number of fused-ring (bicyclic) bond motifs is 3. The molecular weight excluding hydrogens is 334 g/mol. The van der Waals surface area contributed by atoms with Crippen LogP contribution in [0.5, 0.6) is 0 Å². The highest BCUT2D eigenvalue weighted by Gasteiger charge is 2.36. The summed E-state index contributed by atoms with van der Waals surface area (Å²) in [4.78, 5) is 15.7. The van der Waals surface area contributed by atoms with Gasteiger partial charge >= 0.3 is 5.97 Å². The van der Waals surface area contributed by atoms with Crippen molar-refractivity contribution in [1.29, 1.82) is 0 Å². The van der Waals surface area contributed by atoms with Crippen LogP contribution in [-0.2, 0) is 25.4 Å². The molecule has 1 aromatic heterocycles. The molecule has 2 aliphatic heterocycles. The zero-order valence-electron chi connectivity index (χ0n) is 15.0. The van der Waals surface area contributed by atoms with Crippen LogP contribution in [0.15, 0.2) is 24.3 Å². The van der Waals surface area contributed by atoms with Crippen molar-refractivity contribution in [1.82, 2.24) is 10.3 Å². The Morgan fingerprint density at radius 3 is 2.96 bits per heavy atom. The molecule has 7 heteroatoms. The van der Waals surface area contributed by atoms with Gasteiger partial charge in [-0.25, -0.2) is 0 Å². The third-order valence-electron chi connectivity index (χ3n) is 5.36. The zero-order valence-corrected chi connectivity index (χ0v) is 15.0. The summed E-state index contributed by atoms with van der Waals surface area (Å²) in [6.45, 7) is 2.43. The minimum absolute atomic E-state index is 0.0593. The van der Waals surface area contributed by atoms with Crippen molar-refractivity contribution in [3.63, 3.8) is 0 Å². The second-order valence-electron chi connectivity index (χ2n) is 7.07. The van der Waals surface area contributed by atoms with E-state index in [1.165, 1.54) is 7.11 Å². The van der Waals surface area contributed by atoms with Crippen LogP contribution in [0.2, 0.25) is 0 Å². The van der Waals surface area contributed by atoms with Gasteiger partial charge < -0.3 is 24.9 Å². The summed E-state index contributed by atoms with van der Waals surface area (Å²) in [7, 11) is 1.42. The van der Waals surface area contributed by atoms with Gasteiger partial charge in [-0.1, -0.05) is 18.2 Å². The Balaban J connectivity index is 1.64. The predicted octanol–water partition coefficient (Wildman–Crippen LogP) is 1.38. The van der Waals surface area contributed by atoms with E-state index in [0.29, 0.717) is 19.4 Å². The molecule has 0 aliphatic carbocycles. The summed E-state index contributed by atoms with van der Waals surface area (Å²) < 4.78 is 16.6. The summed E-state index contributed by atoms with van der Waals surface area (Å²) in [6, 6.07) is 7.54. The molecule has 0 bridgehead atoms. The molecule has 5 atom stereocenters. The first-order chi connectivity index (χ1) is 12.6. The summed E-state index contributed by atoms with van der Waals surface area (Å²) in [5.41, 5.74) is 9.25. The maximum absolute atomic E-state index is 12.2. The van der Waals surface area contributed by atoms with E-state index in [2.05, 4.69) is 16.4 Å². The lowest BCUT2D eigenvalue weighted by atomic mass is 9.92. The number of ether oxygens (including phenoxy) is 3. The SMILES string of the molecule is COC(=O)[C@@H]1Cc2c([nH]c3ccccc23)[C@H](C[C@H]2OC[C@@H](N)[C@@H](C)O2)N1. The van der Waals surface area contributed by atoms with Crippen molar-refractivity contribution in [3.05, 3.63) is 35.5 Å². The fourth-order valence-electron chi connectivity index (χ4n) is 3.86. The molecule has 4 N–H and O–H groups in total. The normalized spacial score (nSPS) is 31.6. The Hall–Kier alpha value is -1.93. The number of carbonyl (C=O) groups excluding carboxylic acids is 1. The van der Waals surface area contributed by atoms with Crippen LogP contribution >= 0.6 is 0 Å². The molecule has 3 heterocycles. The summed E-state index contributed by atoms with van der Waals surface area (Å²) in [5, 5.41) is 4.54. The monoisotopic (exact) mass is 359 g/mol. The smallest absolute Gasteiger partial charge is 0.323 e. The van der Waals surface area contributed by atoms with Crippen molar-refractivity contribution in [2.45, 2.75) is 50.3 Å². The van der Waals surface area contributed by atoms with Gasteiger partial charge in [-0.05, 0) is 18.6 Å². The molecule has 1 fully saturated rings. The number of nitrogens with two attached hydrogens (primary N) is 1. The van der Waals surface area contributed by atoms with Crippen molar-refractivity contribution in [2.75, 3.05) is 13.7 Å². The fourth-order valence-corrected chi connectivity index (χ4v) is 3.86. The van der Waals surface area contributed by atoms with Crippen LogP contribution in [0.3, 0.4) is 0 Å². The number of aromatic amines is 1. The van der Waals surface area contributed by atoms with Gasteiger partial charge in [-0.15, -0.1) is 0 Å². The third kappa shape index (κ3) is 3.12. The molecule has 2 aliphatic rings. The van der Waals surface area contributed by atoms with Crippen LogP contribution < -0.4 is 11.1 Å². The van der Waals surface area contributed by atoms with Crippen LogP contribution in [0, 0.1) is 0 Å². The van der Waals surface area contributed by atoms with Crippen molar-refractivity contribution in [3.8, 4) is 0 Å². The van der Waals surface area contributed by atoms with Gasteiger partial charge in [0.25, 0.3) is 0 Å². The number of hydrogen-bond acceptors (Lipinski definition) is 6. The molecule has 1 aromatic carbocycles. The molecular formula is C19H25N3O4. The first-order valence-corrected chi connectivity index (χ1v) is 9.02. The quantitative estimate of drug-likeness (QED) is 0.716. The van der Waals surface area contributed by atoms with Crippen molar-refractivity contribution in [2.24, 2.45) is 5.73 Å². The van der Waals surface area contributed by atoms with Crippen molar-refractivity contribution < 1.29 is 19.0 Å². The number of esters is 1. The van der Waals surface area contributed by atoms with Crippen molar-refractivity contribution >= 4 is 16.9 Å². The third-order valence-corrected chi connectivity index (χ3v) is 5.36. The molecule has 4 rings (SSSR count). The summed E-state index contributed by atoms with van der Waals surface area (Å²) in [5.74, 6) is -0.258. The average Bonchev–Trinajstić information content (AvgIpc) is 3.03. The molecule has 1 saturated heterocycles. The molecule has 0 spiro atoms. The second kappa shape index (κ2) is 7.00. The lowest BCUT2D eigenvalue weighted by molar-refractivity contribution is -0.220. The lowest BCUT2D eigenvalue weighted by Crippen LogP contribution is -2.50. The van der Waals surface area contributed by atoms with E-state index in [1.54, 1.807) is 0 Å². The molecule has 140 valence electrons. The predicted molar refractivity (Wildman–Crippen MR) is 96.6 cm³/mol. The highest BCUT2D eigenvalue weighted by atomic mass is 16.7. The number of rotatable bonds is 3. The fraction of sp³-hybridized carbons (Fsp3) is 0.526. The van der Waals surface area contributed by atoms with Gasteiger partial charge in [-0.3, -0.25) is 10.1 Å². The minimum Gasteiger partial charge on any atom is -0.468 e. The van der Waals surface area contributed by atoms with E-state index in [0.717, 1.165) is 22.2 Å². The number of benzene rings is 1. The number of carbonyl (C=O) groups is 1. The van der Waals surface area contributed by atoms with E-state index in [9.17, 15) is 4.79 Å². The minimum atomic E-state index is -0.389. The molecule has 7 nitrogen and oxygen atoms in total. The molecule has 0 saturated carbocycles. The summed E-state index contributed by atoms with van der Waals surface area (Å²) >= 11 is 0. The average molecular weight is 359 g/mol. The van der Waals surface area contributed by atoms with Crippen LogP contribution in [0.4, 0.5) is 0 Å². The Bertz CT molecular complexity index is 805. The van der Waals surface area contributed by atoms with Crippen LogP contribution in [0.1, 0.15) is 30.6 Å². The molecule has 0 unspecified atom stereocenters. The maximum atomic E-state index is 12.2. The first kappa shape index (κ1) is 17.5. The summed E-state index contributed by atoms with van der Waals surface area (Å²) in [6.07, 6.45) is 0.759. The van der Waals surface area contributed by atoms with E-state index in [4.69, 9.17) is 19.9 Å². The van der Waals surface area contributed by atoms with Crippen LogP contribution in [-0.4, -0.2) is 49.1 Å². The standard InChI is InChI=1S/C19H25N3O4/c1-10-13(20)9-25-17(26-10)8-15-18-12(7-16(21-15)19(23)24-2)11-5-3-4-6-14(11)22-18/h3-6,10,13,15-17,21-22H,7-9,20H2,1-2H3/t10-,13-,15+,16+,17+/m1/s1. The number of methoxy groups -OCH3 is 1. The molecule has 0 radical (unpaired) electrons. The number of nitrogens with one attached hydrogen (secondary N) is 2. The van der Waals surface area contributed by atoms with E-state index >= 15 is 0 Å². The highest BCUT2D eigenvalue weighted by Crippen LogP contribution is 2.35. The topological polar surface area (TPSA) is 98.6 Å².